The number of rotatable bonds is 5. The second-order valence-electron chi connectivity index (χ2n) is 4.07. The Bertz CT molecular complexity index is 639. The summed E-state index contributed by atoms with van der Waals surface area (Å²) in [5.41, 5.74) is 0.184. The topological polar surface area (TPSA) is 84.2 Å². The molecule has 20 heavy (non-hydrogen) atoms. The minimum Gasteiger partial charge on any atom is -0.476 e. The number of aromatic nitrogens is 2. The van der Waals surface area contributed by atoms with Crippen molar-refractivity contribution < 1.29 is 19.1 Å². The summed E-state index contributed by atoms with van der Waals surface area (Å²) in [4.78, 5) is 26.0. The van der Waals surface area contributed by atoms with Crippen LogP contribution in [0.2, 0.25) is 0 Å². The highest BCUT2D eigenvalue weighted by Gasteiger charge is 2.08. The number of carboxylic acids is 1. The van der Waals surface area contributed by atoms with Crippen LogP contribution in [-0.2, 0) is 6.54 Å². The SMILES string of the molecule is O=C(NCCn1cnc(C(=O)O)c1)c1cccc(F)c1. The Morgan fingerprint density at radius 1 is 1.40 bits per heavy atom. The maximum Gasteiger partial charge on any atom is 0.356 e. The highest BCUT2D eigenvalue weighted by molar-refractivity contribution is 5.94. The minimum absolute atomic E-state index is 0.0542. The number of benzene rings is 1. The second-order valence-corrected chi connectivity index (χ2v) is 4.07. The number of halogens is 1. The highest BCUT2D eigenvalue weighted by atomic mass is 19.1. The molecule has 0 bridgehead atoms. The Kier molecular flexibility index (Phi) is 4.09. The van der Waals surface area contributed by atoms with Gasteiger partial charge in [-0.2, -0.15) is 0 Å². The predicted octanol–water partition coefficient (Wildman–Crippen LogP) is 1.15. The molecule has 7 heteroatoms. The van der Waals surface area contributed by atoms with Crippen molar-refractivity contribution in [2.75, 3.05) is 6.54 Å². The third-order valence-electron chi connectivity index (χ3n) is 2.59. The van der Waals surface area contributed by atoms with Gasteiger partial charge >= 0.3 is 5.97 Å². The van der Waals surface area contributed by atoms with Gasteiger partial charge in [-0.1, -0.05) is 6.07 Å². The van der Waals surface area contributed by atoms with E-state index in [1.54, 1.807) is 4.57 Å². The van der Waals surface area contributed by atoms with Gasteiger partial charge < -0.3 is 15.0 Å². The quantitative estimate of drug-likeness (QED) is 0.858. The summed E-state index contributed by atoms with van der Waals surface area (Å²) >= 11 is 0. The van der Waals surface area contributed by atoms with E-state index in [0.29, 0.717) is 6.54 Å². The molecule has 1 aromatic heterocycles. The van der Waals surface area contributed by atoms with Crippen molar-refractivity contribution in [3.05, 3.63) is 53.9 Å². The molecular weight excluding hydrogens is 265 g/mol. The number of amides is 1. The van der Waals surface area contributed by atoms with E-state index < -0.39 is 11.8 Å². The summed E-state index contributed by atoms with van der Waals surface area (Å²) in [5.74, 6) is -1.96. The molecule has 2 rings (SSSR count). The highest BCUT2D eigenvalue weighted by Crippen LogP contribution is 2.03. The number of nitrogens with zero attached hydrogens (tertiary/aromatic N) is 2. The van der Waals surface area contributed by atoms with E-state index in [1.165, 1.54) is 30.7 Å². The molecule has 0 spiro atoms. The first-order chi connectivity index (χ1) is 9.56. The number of imidazole rings is 1. The summed E-state index contributed by atoms with van der Waals surface area (Å²) in [7, 11) is 0. The molecule has 0 atom stereocenters. The molecule has 0 unspecified atom stereocenters. The van der Waals surface area contributed by atoms with Crippen LogP contribution < -0.4 is 5.32 Å². The van der Waals surface area contributed by atoms with Crippen LogP contribution in [0.5, 0.6) is 0 Å². The van der Waals surface area contributed by atoms with Crippen LogP contribution in [0.3, 0.4) is 0 Å². The van der Waals surface area contributed by atoms with Gasteiger partial charge in [0.25, 0.3) is 5.91 Å². The smallest absolute Gasteiger partial charge is 0.356 e. The molecule has 0 aliphatic rings. The molecule has 0 saturated heterocycles. The van der Waals surface area contributed by atoms with Gasteiger partial charge in [0.15, 0.2) is 5.69 Å². The lowest BCUT2D eigenvalue weighted by Crippen LogP contribution is -2.27. The van der Waals surface area contributed by atoms with Crippen molar-refractivity contribution in [3.63, 3.8) is 0 Å². The second kappa shape index (κ2) is 5.96. The van der Waals surface area contributed by atoms with Crippen molar-refractivity contribution in [1.82, 2.24) is 14.9 Å². The number of aromatic carboxylic acids is 1. The Labute approximate surface area is 113 Å². The maximum absolute atomic E-state index is 12.9. The van der Waals surface area contributed by atoms with Crippen LogP contribution in [-0.4, -0.2) is 33.1 Å². The van der Waals surface area contributed by atoms with Gasteiger partial charge in [0, 0.05) is 24.8 Å². The molecule has 2 aromatic rings. The molecule has 0 aliphatic carbocycles. The van der Waals surface area contributed by atoms with Crippen LogP contribution in [0.15, 0.2) is 36.8 Å². The van der Waals surface area contributed by atoms with E-state index in [2.05, 4.69) is 10.3 Å². The lowest BCUT2D eigenvalue weighted by molar-refractivity contribution is 0.0690. The fourth-order valence-electron chi connectivity index (χ4n) is 1.62. The minimum atomic E-state index is -1.10. The zero-order valence-electron chi connectivity index (χ0n) is 10.4. The van der Waals surface area contributed by atoms with Crippen LogP contribution >= 0.6 is 0 Å². The molecule has 0 radical (unpaired) electrons. The van der Waals surface area contributed by atoms with Gasteiger partial charge in [-0.05, 0) is 18.2 Å². The van der Waals surface area contributed by atoms with Crippen LogP contribution in [0.1, 0.15) is 20.8 Å². The third-order valence-corrected chi connectivity index (χ3v) is 2.59. The monoisotopic (exact) mass is 277 g/mol. The fourth-order valence-corrected chi connectivity index (χ4v) is 1.62. The molecule has 104 valence electrons. The van der Waals surface area contributed by atoms with E-state index in [1.807, 2.05) is 0 Å². The van der Waals surface area contributed by atoms with E-state index in [9.17, 15) is 14.0 Å². The fraction of sp³-hybridized carbons (Fsp3) is 0.154. The maximum atomic E-state index is 12.9. The molecule has 0 saturated carbocycles. The van der Waals surface area contributed by atoms with Gasteiger partial charge in [0.1, 0.15) is 5.82 Å². The van der Waals surface area contributed by atoms with Crippen LogP contribution in [0.25, 0.3) is 0 Å². The molecule has 1 aromatic carbocycles. The van der Waals surface area contributed by atoms with Gasteiger partial charge in [-0.3, -0.25) is 4.79 Å². The normalized spacial score (nSPS) is 10.2. The summed E-state index contributed by atoms with van der Waals surface area (Å²) in [6.45, 7) is 0.659. The molecule has 0 fully saturated rings. The molecule has 6 nitrogen and oxygen atoms in total. The van der Waals surface area contributed by atoms with Gasteiger partial charge in [0.05, 0.1) is 6.33 Å². The standard InChI is InChI=1S/C13H12FN3O3/c14-10-3-1-2-9(6-10)12(18)15-4-5-17-7-11(13(19)20)16-8-17/h1-3,6-8H,4-5H2,(H,15,18)(H,19,20). The lowest BCUT2D eigenvalue weighted by atomic mass is 10.2. The molecule has 1 heterocycles. The number of hydrogen-bond donors (Lipinski definition) is 2. The van der Waals surface area contributed by atoms with E-state index in [0.717, 1.165) is 6.07 Å². The number of carbonyl (C=O) groups is 2. The first-order valence-corrected chi connectivity index (χ1v) is 5.85. The van der Waals surface area contributed by atoms with Crippen molar-refractivity contribution >= 4 is 11.9 Å². The Morgan fingerprint density at radius 3 is 2.85 bits per heavy atom. The number of hydrogen-bond acceptors (Lipinski definition) is 3. The van der Waals surface area contributed by atoms with Crippen molar-refractivity contribution in [2.24, 2.45) is 0 Å². The van der Waals surface area contributed by atoms with Crippen LogP contribution in [0, 0.1) is 5.82 Å². The molecule has 0 aliphatic heterocycles. The Morgan fingerprint density at radius 2 is 2.20 bits per heavy atom. The van der Waals surface area contributed by atoms with E-state index in [4.69, 9.17) is 5.11 Å². The zero-order chi connectivity index (χ0) is 14.5. The predicted molar refractivity (Wildman–Crippen MR) is 67.9 cm³/mol. The first-order valence-electron chi connectivity index (χ1n) is 5.85. The largest absolute Gasteiger partial charge is 0.476 e. The molecular formula is C13H12FN3O3. The van der Waals surface area contributed by atoms with Gasteiger partial charge in [-0.15, -0.1) is 0 Å². The summed E-state index contributed by atoms with van der Waals surface area (Å²) < 4.78 is 14.5. The van der Waals surface area contributed by atoms with Gasteiger partial charge in [-0.25, -0.2) is 14.2 Å². The number of carbonyl (C=O) groups excluding carboxylic acids is 1. The van der Waals surface area contributed by atoms with Crippen molar-refractivity contribution in [1.29, 1.82) is 0 Å². The van der Waals surface area contributed by atoms with E-state index in [-0.39, 0.29) is 23.7 Å². The number of nitrogens with one attached hydrogen (secondary N) is 1. The van der Waals surface area contributed by atoms with Crippen molar-refractivity contribution in [2.45, 2.75) is 6.54 Å². The summed E-state index contributed by atoms with van der Waals surface area (Å²) in [5, 5.41) is 11.3. The number of carboxylic acid groups (broad SMARTS) is 1. The third kappa shape index (κ3) is 3.41. The zero-order valence-corrected chi connectivity index (χ0v) is 10.4. The summed E-state index contributed by atoms with van der Waals surface area (Å²) in [6.07, 6.45) is 2.74. The van der Waals surface area contributed by atoms with E-state index >= 15 is 0 Å². The summed E-state index contributed by atoms with van der Waals surface area (Å²) in [6, 6.07) is 5.38. The molecule has 1 amide bonds. The molecule has 2 N–H and O–H groups in total. The lowest BCUT2D eigenvalue weighted by Gasteiger charge is -2.05. The van der Waals surface area contributed by atoms with Gasteiger partial charge in [0.2, 0.25) is 0 Å². The average molecular weight is 277 g/mol. The van der Waals surface area contributed by atoms with Crippen LogP contribution in [0.4, 0.5) is 4.39 Å². The van der Waals surface area contributed by atoms with Crippen molar-refractivity contribution in [3.8, 4) is 0 Å². The average Bonchev–Trinajstić information content (AvgIpc) is 2.87. The Hall–Kier alpha value is -2.70. The first kappa shape index (κ1) is 13.7. The Balaban J connectivity index is 1.86.